The Balaban J connectivity index is 1.64. The monoisotopic (exact) mass is 382 g/mol. The minimum Gasteiger partial charge on any atom is -0.370 e. The van der Waals surface area contributed by atoms with Crippen LogP contribution in [0.15, 0.2) is 65.1 Å². The van der Waals surface area contributed by atoms with E-state index in [1.165, 1.54) is 5.56 Å². The molecule has 5 heteroatoms. The third kappa shape index (κ3) is 4.80. The molecule has 0 radical (unpaired) electrons. The summed E-state index contributed by atoms with van der Waals surface area (Å²) in [6, 6.07) is 20.3. The number of aryl methyl sites for hydroxylation is 1. The van der Waals surface area contributed by atoms with E-state index in [0.717, 1.165) is 34.6 Å². The topological polar surface area (TPSA) is 49.8 Å². The number of nitrogens with one attached hydrogen (secondary N) is 2. The van der Waals surface area contributed by atoms with Gasteiger partial charge in [0, 0.05) is 28.5 Å². The number of aromatic nitrogens is 2. The zero-order valence-electron chi connectivity index (χ0n) is 13.5. The predicted molar refractivity (Wildman–Crippen MR) is 103 cm³/mol. The molecule has 0 fully saturated rings. The van der Waals surface area contributed by atoms with Crippen LogP contribution < -0.4 is 10.6 Å². The molecule has 2 aromatic carbocycles. The zero-order chi connectivity index (χ0) is 16.8. The van der Waals surface area contributed by atoms with Gasteiger partial charge in [-0.2, -0.15) is 4.98 Å². The number of benzene rings is 2. The highest BCUT2D eigenvalue weighted by Gasteiger charge is 2.03. The highest BCUT2D eigenvalue weighted by molar-refractivity contribution is 9.10. The van der Waals surface area contributed by atoms with Crippen LogP contribution in [0.3, 0.4) is 0 Å². The van der Waals surface area contributed by atoms with Gasteiger partial charge in [0.1, 0.15) is 5.82 Å². The normalized spacial score (nSPS) is 10.4. The molecule has 0 saturated heterocycles. The minimum atomic E-state index is 0.597. The van der Waals surface area contributed by atoms with Crippen molar-refractivity contribution in [2.45, 2.75) is 13.3 Å². The molecule has 4 nitrogen and oxygen atoms in total. The van der Waals surface area contributed by atoms with Gasteiger partial charge in [-0.05, 0) is 43.2 Å². The van der Waals surface area contributed by atoms with Crippen LogP contribution in [0.25, 0.3) is 0 Å². The Morgan fingerprint density at radius 3 is 2.46 bits per heavy atom. The summed E-state index contributed by atoms with van der Waals surface area (Å²) in [5.74, 6) is 1.43. The van der Waals surface area contributed by atoms with Crippen molar-refractivity contribution in [2.24, 2.45) is 0 Å². The number of anilines is 3. The molecule has 0 atom stereocenters. The molecule has 3 aromatic rings. The average molecular weight is 383 g/mol. The van der Waals surface area contributed by atoms with E-state index in [2.05, 4.69) is 60.8 Å². The van der Waals surface area contributed by atoms with Crippen LogP contribution in [0.5, 0.6) is 0 Å². The largest absolute Gasteiger partial charge is 0.370 e. The van der Waals surface area contributed by atoms with Crippen molar-refractivity contribution in [3.05, 3.63) is 76.4 Å². The van der Waals surface area contributed by atoms with E-state index in [1.54, 1.807) is 0 Å². The van der Waals surface area contributed by atoms with Crippen LogP contribution in [-0.2, 0) is 6.42 Å². The lowest BCUT2D eigenvalue weighted by atomic mass is 10.1. The SMILES string of the molecule is Cc1cc(NCCc2ccccc2)nc(Nc2ccc(Br)cc2)n1. The summed E-state index contributed by atoms with van der Waals surface area (Å²) in [4.78, 5) is 8.98. The third-order valence-electron chi connectivity index (χ3n) is 3.52. The van der Waals surface area contributed by atoms with E-state index in [0.29, 0.717) is 5.95 Å². The second kappa shape index (κ2) is 7.93. The maximum atomic E-state index is 4.54. The van der Waals surface area contributed by atoms with E-state index < -0.39 is 0 Å². The van der Waals surface area contributed by atoms with Crippen molar-refractivity contribution in [2.75, 3.05) is 17.2 Å². The molecule has 0 spiro atoms. The van der Waals surface area contributed by atoms with Crippen molar-refractivity contribution >= 4 is 33.4 Å². The first-order valence-electron chi connectivity index (χ1n) is 7.85. The van der Waals surface area contributed by atoms with Crippen molar-refractivity contribution in [1.82, 2.24) is 9.97 Å². The number of halogens is 1. The fourth-order valence-electron chi connectivity index (χ4n) is 2.36. The number of rotatable bonds is 6. The average Bonchev–Trinajstić information content (AvgIpc) is 2.57. The van der Waals surface area contributed by atoms with E-state index in [-0.39, 0.29) is 0 Å². The molecule has 1 heterocycles. The Kier molecular flexibility index (Phi) is 5.43. The van der Waals surface area contributed by atoms with Crippen LogP contribution in [0.2, 0.25) is 0 Å². The first kappa shape index (κ1) is 16.5. The molecule has 0 unspecified atom stereocenters. The lowest BCUT2D eigenvalue weighted by Gasteiger charge is -2.10. The minimum absolute atomic E-state index is 0.597. The Bertz CT molecular complexity index is 788. The smallest absolute Gasteiger partial charge is 0.229 e. The second-order valence-electron chi connectivity index (χ2n) is 5.51. The van der Waals surface area contributed by atoms with Gasteiger partial charge in [0.05, 0.1) is 0 Å². The molecule has 0 amide bonds. The molecule has 0 aliphatic carbocycles. The van der Waals surface area contributed by atoms with E-state index >= 15 is 0 Å². The van der Waals surface area contributed by atoms with E-state index in [1.807, 2.05) is 43.3 Å². The van der Waals surface area contributed by atoms with Gasteiger partial charge in [0.25, 0.3) is 0 Å². The molecule has 122 valence electrons. The Labute approximate surface area is 150 Å². The van der Waals surface area contributed by atoms with Crippen LogP contribution in [0, 0.1) is 6.92 Å². The lowest BCUT2D eigenvalue weighted by molar-refractivity contribution is 0.995. The number of hydrogen-bond donors (Lipinski definition) is 2. The van der Waals surface area contributed by atoms with Crippen LogP contribution in [-0.4, -0.2) is 16.5 Å². The van der Waals surface area contributed by atoms with Crippen LogP contribution in [0.4, 0.5) is 17.5 Å². The van der Waals surface area contributed by atoms with E-state index in [4.69, 9.17) is 0 Å². The molecule has 0 bridgehead atoms. The number of hydrogen-bond acceptors (Lipinski definition) is 4. The zero-order valence-corrected chi connectivity index (χ0v) is 15.0. The highest BCUT2D eigenvalue weighted by Crippen LogP contribution is 2.18. The van der Waals surface area contributed by atoms with Gasteiger partial charge in [0.2, 0.25) is 5.95 Å². The standard InChI is InChI=1S/C19H19BrN4/c1-14-13-18(21-12-11-15-5-3-2-4-6-15)24-19(22-14)23-17-9-7-16(20)8-10-17/h2-10,13H,11-12H2,1H3,(H2,21,22,23,24). The fraction of sp³-hybridized carbons (Fsp3) is 0.158. The third-order valence-corrected chi connectivity index (χ3v) is 4.05. The molecule has 1 aromatic heterocycles. The fourth-order valence-corrected chi connectivity index (χ4v) is 2.62. The molecule has 0 aliphatic rings. The second-order valence-corrected chi connectivity index (χ2v) is 6.43. The maximum Gasteiger partial charge on any atom is 0.229 e. The van der Waals surface area contributed by atoms with Gasteiger partial charge < -0.3 is 10.6 Å². The summed E-state index contributed by atoms with van der Waals surface area (Å²) in [7, 11) is 0. The molecule has 2 N–H and O–H groups in total. The van der Waals surface area contributed by atoms with Gasteiger partial charge in [-0.25, -0.2) is 4.98 Å². The van der Waals surface area contributed by atoms with Crippen molar-refractivity contribution in [3.63, 3.8) is 0 Å². The lowest BCUT2D eigenvalue weighted by Crippen LogP contribution is -2.08. The molecule has 0 saturated carbocycles. The van der Waals surface area contributed by atoms with Crippen molar-refractivity contribution in [1.29, 1.82) is 0 Å². The van der Waals surface area contributed by atoms with E-state index in [9.17, 15) is 0 Å². The quantitative estimate of drug-likeness (QED) is 0.633. The Hall–Kier alpha value is -2.40. The highest BCUT2D eigenvalue weighted by atomic mass is 79.9. The summed E-state index contributed by atoms with van der Waals surface area (Å²) >= 11 is 3.43. The van der Waals surface area contributed by atoms with Gasteiger partial charge in [-0.3, -0.25) is 0 Å². The molecular weight excluding hydrogens is 364 g/mol. The Morgan fingerprint density at radius 2 is 1.71 bits per heavy atom. The van der Waals surface area contributed by atoms with Gasteiger partial charge in [-0.1, -0.05) is 46.3 Å². The summed E-state index contributed by atoms with van der Waals surface area (Å²) in [5, 5.41) is 6.61. The summed E-state index contributed by atoms with van der Waals surface area (Å²) in [6.45, 7) is 2.80. The van der Waals surface area contributed by atoms with Crippen molar-refractivity contribution in [3.8, 4) is 0 Å². The van der Waals surface area contributed by atoms with Crippen LogP contribution in [0.1, 0.15) is 11.3 Å². The van der Waals surface area contributed by atoms with Gasteiger partial charge >= 0.3 is 0 Å². The van der Waals surface area contributed by atoms with Crippen molar-refractivity contribution < 1.29 is 0 Å². The van der Waals surface area contributed by atoms with Gasteiger partial charge in [0.15, 0.2) is 0 Å². The van der Waals surface area contributed by atoms with Crippen LogP contribution >= 0.6 is 15.9 Å². The van der Waals surface area contributed by atoms with Gasteiger partial charge in [-0.15, -0.1) is 0 Å². The molecule has 24 heavy (non-hydrogen) atoms. The number of nitrogens with zero attached hydrogens (tertiary/aromatic N) is 2. The Morgan fingerprint density at radius 1 is 0.958 bits per heavy atom. The predicted octanol–water partition coefficient (Wildman–Crippen LogP) is 4.95. The molecule has 3 rings (SSSR count). The summed E-state index contributed by atoms with van der Waals surface area (Å²) in [6.07, 6.45) is 0.958. The first-order chi connectivity index (χ1) is 11.7. The maximum absolute atomic E-state index is 4.54. The summed E-state index contributed by atoms with van der Waals surface area (Å²) in [5.41, 5.74) is 3.19. The molecular formula is C19H19BrN4. The first-order valence-corrected chi connectivity index (χ1v) is 8.64. The molecule has 0 aliphatic heterocycles. The summed E-state index contributed by atoms with van der Waals surface area (Å²) < 4.78 is 1.04.